The quantitative estimate of drug-likeness (QED) is 0.0381. The number of nitrogens with one attached hydrogen (secondary N) is 5. The van der Waals surface area contributed by atoms with Gasteiger partial charge in [0.1, 0.15) is 29.8 Å². The fraction of sp³-hybridized carbons (Fsp3) is 0.255. The number of guanidine groups is 4. The molecular formula is C55H70N22O5. The van der Waals surface area contributed by atoms with Gasteiger partial charge < -0.3 is 88.0 Å². The third kappa shape index (κ3) is 16.9. The molecule has 3 aliphatic heterocycles. The molecule has 82 heavy (non-hydrogen) atoms. The van der Waals surface area contributed by atoms with Crippen LogP contribution in [0.5, 0.6) is 0 Å². The minimum absolute atomic E-state index is 0.00219. The number of para-hydroxylation sites is 3. The van der Waals surface area contributed by atoms with E-state index < -0.39 is 18.1 Å². The van der Waals surface area contributed by atoms with Crippen molar-refractivity contribution in [3.63, 3.8) is 0 Å². The van der Waals surface area contributed by atoms with Crippen LogP contribution in [0.4, 0.5) is 17.1 Å². The SMILES string of the molecule is N=C(N)c1ccc(CN2C(=O)C(CCN=C(N)N)NC(=O)c3ccccc32)cc1.N=C(N)c1ccc(CN2Cc3ccccc3NC(CCN=C(N)N)C2=O)cc1.NC(N)=NCCC1NC(=O)c2ccccc2N(CCN=C(N)N)C1=O. The summed E-state index contributed by atoms with van der Waals surface area (Å²) in [6, 6.07) is 34.2. The number of nitrogens with zero attached hydrogens (tertiary/aromatic N) is 7. The summed E-state index contributed by atoms with van der Waals surface area (Å²) in [5.74, 6) is -1.35. The molecule has 5 aromatic carbocycles. The van der Waals surface area contributed by atoms with Gasteiger partial charge in [0.25, 0.3) is 11.8 Å². The highest BCUT2D eigenvalue weighted by atomic mass is 16.2. The van der Waals surface area contributed by atoms with Crippen molar-refractivity contribution in [1.82, 2.24) is 15.5 Å². The molecule has 5 amide bonds. The van der Waals surface area contributed by atoms with E-state index in [4.69, 9.17) is 68.2 Å². The van der Waals surface area contributed by atoms with Crippen molar-refractivity contribution in [2.24, 2.45) is 77.3 Å². The second kappa shape index (κ2) is 28.8. The van der Waals surface area contributed by atoms with Gasteiger partial charge in [0.15, 0.2) is 23.8 Å². The number of carbonyl (C=O) groups is 5. The summed E-state index contributed by atoms with van der Waals surface area (Å²) in [5.41, 5.74) is 60.7. The molecule has 0 saturated heterocycles. The van der Waals surface area contributed by atoms with Crippen LogP contribution < -0.4 is 83.1 Å². The Kier molecular flexibility index (Phi) is 21.2. The standard InChI is InChI=1S/C20H23N7O2.C20H25N7O.C15H22N8O2/c21-17(22)13-7-5-12(6-8-13)11-27-16-4-2-1-3-14(16)18(28)26-15(19(27)29)9-10-25-20(23)24;21-18(22)14-7-5-13(6-8-14)11-27-12-15-3-1-2-4-16(15)26-17(19(27)28)9-10-25-20(23)24;16-14(17)20-6-5-10-13(25)23(8-7-21-15(18)19)11-4-2-1-3-9(11)12(24)22-10/h1-8,15H,9-11H2,(H3,21,22)(H,26,28)(H4,23,24,25);1-8,17,26H,9-12H2,(H3,21,22)(H4,23,24,25);1-4,10H,5-8H2,(H,22,24)(H4,16,17,20)(H4,18,19,21). The molecule has 27 nitrogen and oxygen atoms in total. The van der Waals surface area contributed by atoms with Crippen molar-refractivity contribution in [1.29, 1.82) is 10.8 Å². The van der Waals surface area contributed by atoms with Crippen LogP contribution in [-0.2, 0) is 34.0 Å². The Morgan fingerprint density at radius 2 is 0.841 bits per heavy atom. The van der Waals surface area contributed by atoms with E-state index in [0.29, 0.717) is 59.7 Å². The van der Waals surface area contributed by atoms with Crippen molar-refractivity contribution in [2.75, 3.05) is 47.8 Å². The number of hydrogen-bond donors (Lipinski definition) is 15. The number of nitrogens with two attached hydrogens (primary N) is 10. The van der Waals surface area contributed by atoms with E-state index in [1.54, 1.807) is 89.8 Å². The maximum absolute atomic E-state index is 13.3. The van der Waals surface area contributed by atoms with Crippen LogP contribution in [0, 0.1) is 10.8 Å². The van der Waals surface area contributed by atoms with Crippen LogP contribution in [0.25, 0.3) is 0 Å². The van der Waals surface area contributed by atoms with E-state index in [1.807, 2.05) is 41.3 Å². The van der Waals surface area contributed by atoms with Gasteiger partial charge in [-0.25, -0.2) is 0 Å². The maximum atomic E-state index is 13.3. The molecule has 0 aromatic heterocycles. The molecule has 0 fully saturated rings. The smallest absolute Gasteiger partial charge is 0.254 e. The van der Waals surface area contributed by atoms with E-state index >= 15 is 0 Å². The summed E-state index contributed by atoms with van der Waals surface area (Å²) in [7, 11) is 0. The molecule has 3 unspecified atom stereocenters. The van der Waals surface area contributed by atoms with Gasteiger partial charge in [-0.1, -0.05) is 91.0 Å². The third-order valence-electron chi connectivity index (χ3n) is 12.9. The number of aliphatic imine (C=N–C) groups is 4. The van der Waals surface area contributed by atoms with Crippen LogP contribution in [-0.4, -0.2) is 121 Å². The van der Waals surface area contributed by atoms with Crippen molar-refractivity contribution < 1.29 is 24.0 Å². The molecule has 27 heteroatoms. The average molecular weight is 1120 g/mol. The topological polar surface area (TPSA) is 488 Å². The van der Waals surface area contributed by atoms with Gasteiger partial charge in [0.05, 0.1) is 35.6 Å². The van der Waals surface area contributed by atoms with Crippen molar-refractivity contribution in [2.45, 2.75) is 57.0 Å². The van der Waals surface area contributed by atoms with Gasteiger partial charge in [0, 0.05) is 56.1 Å². The van der Waals surface area contributed by atoms with Gasteiger partial charge in [-0.3, -0.25) is 54.8 Å². The number of fused-ring (bicyclic) bond motifs is 3. The number of carbonyl (C=O) groups excluding carboxylic acids is 5. The van der Waals surface area contributed by atoms with Crippen molar-refractivity contribution in [3.05, 3.63) is 160 Å². The monoisotopic (exact) mass is 1120 g/mol. The molecule has 25 N–H and O–H groups in total. The maximum Gasteiger partial charge on any atom is 0.254 e. The molecule has 3 heterocycles. The summed E-state index contributed by atoms with van der Waals surface area (Å²) in [5, 5.41) is 23.8. The average Bonchev–Trinajstić information content (AvgIpc) is 3.80. The lowest BCUT2D eigenvalue weighted by atomic mass is 10.1. The van der Waals surface area contributed by atoms with Crippen LogP contribution in [0.3, 0.4) is 0 Å². The zero-order valence-electron chi connectivity index (χ0n) is 45.0. The fourth-order valence-corrected chi connectivity index (χ4v) is 8.91. The molecule has 0 spiro atoms. The van der Waals surface area contributed by atoms with Crippen molar-refractivity contribution in [3.8, 4) is 0 Å². The molecule has 8 rings (SSSR count). The normalized spacial score (nSPS) is 16.1. The first kappa shape index (κ1) is 60.5. The number of hydrogen-bond acceptors (Lipinski definition) is 12. The van der Waals surface area contributed by atoms with Crippen LogP contribution >= 0.6 is 0 Å². The Labute approximate surface area is 473 Å². The fourth-order valence-electron chi connectivity index (χ4n) is 8.91. The highest BCUT2D eigenvalue weighted by molar-refractivity contribution is 6.12. The van der Waals surface area contributed by atoms with Crippen molar-refractivity contribution >= 4 is 82.1 Å². The summed E-state index contributed by atoms with van der Waals surface area (Å²) >= 11 is 0. The first-order chi connectivity index (χ1) is 39.2. The Balaban J connectivity index is 0.000000198. The van der Waals surface area contributed by atoms with Gasteiger partial charge in [0.2, 0.25) is 17.7 Å². The molecule has 0 bridgehead atoms. The van der Waals surface area contributed by atoms with Crippen LogP contribution in [0.15, 0.2) is 141 Å². The van der Waals surface area contributed by atoms with E-state index in [2.05, 4.69) is 35.9 Å². The zero-order chi connectivity index (χ0) is 59.5. The lowest BCUT2D eigenvalue weighted by Gasteiger charge is -2.25. The molecule has 5 aromatic rings. The number of anilines is 3. The third-order valence-corrected chi connectivity index (χ3v) is 12.9. The molecule has 3 atom stereocenters. The summed E-state index contributed by atoms with van der Waals surface area (Å²) in [4.78, 5) is 85.0. The second-order valence-corrected chi connectivity index (χ2v) is 18.9. The predicted octanol–water partition coefficient (Wildman–Crippen LogP) is -0.695. The summed E-state index contributed by atoms with van der Waals surface area (Å²) in [6.07, 6.45) is 1.04. The van der Waals surface area contributed by atoms with Crippen LogP contribution in [0.2, 0.25) is 0 Å². The molecule has 0 aliphatic carbocycles. The molecule has 0 saturated carbocycles. The second-order valence-electron chi connectivity index (χ2n) is 18.9. The number of amidine groups is 2. The number of amides is 5. The minimum atomic E-state index is -0.755. The Morgan fingerprint density at radius 1 is 0.451 bits per heavy atom. The highest BCUT2D eigenvalue weighted by Crippen LogP contribution is 2.29. The number of nitrogen functional groups attached to an aromatic ring is 2. The zero-order valence-corrected chi connectivity index (χ0v) is 45.0. The Morgan fingerprint density at radius 3 is 1.30 bits per heavy atom. The number of benzene rings is 5. The van der Waals surface area contributed by atoms with Gasteiger partial charge in [-0.15, -0.1) is 0 Å². The predicted molar refractivity (Wildman–Crippen MR) is 319 cm³/mol. The van der Waals surface area contributed by atoms with E-state index in [-0.39, 0.29) is 111 Å². The Bertz CT molecular complexity index is 3240. The van der Waals surface area contributed by atoms with E-state index in [1.165, 1.54) is 4.90 Å². The summed E-state index contributed by atoms with van der Waals surface area (Å²) < 4.78 is 0. The van der Waals surface area contributed by atoms with Gasteiger partial charge in [-0.05, 0) is 66.3 Å². The number of rotatable bonds is 18. The molecule has 430 valence electrons. The molecule has 0 radical (unpaired) electrons. The largest absolute Gasteiger partial charge is 0.384 e. The molecular weight excluding hydrogens is 1050 g/mol. The van der Waals surface area contributed by atoms with E-state index in [9.17, 15) is 24.0 Å². The lowest BCUT2D eigenvalue weighted by Crippen LogP contribution is -2.47. The molecule has 3 aliphatic rings. The highest BCUT2D eigenvalue weighted by Gasteiger charge is 2.35. The van der Waals surface area contributed by atoms with E-state index in [0.717, 1.165) is 22.4 Å². The lowest BCUT2D eigenvalue weighted by molar-refractivity contribution is -0.133. The minimum Gasteiger partial charge on any atom is -0.384 e. The van der Waals surface area contributed by atoms with Crippen LogP contribution in [0.1, 0.15) is 67.8 Å². The first-order valence-electron chi connectivity index (χ1n) is 25.8. The summed E-state index contributed by atoms with van der Waals surface area (Å²) in [6.45, 7) is 2.50. The van der Waals surface area contributed by atoms with Gasteiger partial charge >= 0.3 is 0 Å². The van der Waals surface area contributed by atoms with Gasteiger partial charge in [-0.2, -0.15) is 0 Å². The Hall–Kier alpha value is -10.7. The first-order valence-corrected chi connectivity index (χ1v) is 25.8.